The maximum Gasteiger partial charge on any atom is 0.167 e. The fraction of sp³-hybridized carbons (Fsp3) is 0.278. The van der Waals surface area contributed by atoms with Gasteiger partial charge >= 0.3 is 0 Å². The van der Waals surface area contributed by atoms with E-state index in [1.807, 2.05) is 49.3 Å². The standard InChI is InChI=1S/C18H21NO/c1-13-7-5-8-14(2)17(13)12-18(20)15-9-6-10-16(11-15)19(3)4/h5-11H,12H2,1-4H3. The van der Waals surface area contributed by atoms with Gasteiger partial charge in [0.25, 0.3) is 0 Å². The van der Waals surface area contributed by atoms with Gasteiger partial charge in [-0.05, 0) is 42.7 Å². The van der Waals surface area contributed by atoms with Crippen molar-refractivity contribution in [1.82, 2.24) is 0 Å². The molecule has 0 aromatic heterocycles. The van der Waals surface area contributed by atoms with E-state index in [-0.39, 0.29) is 5.78 Å². The van der Waals surface area contributed by atoms with Crippen LogP contribution in [0.5, 0.6) is 0 Å². The summed E-state index contributed by atoms with van der Waals surface area (Å²) in [5, 5.41) is 0. The smallest absolute Gasteiger partial charge is 0.167 e. The van der Waals surface area contributed by atoms with Crippen molar-refractivity contribution in [3.63, 3.8) is 0 Å². The Balaban J connectivity index is 2.26. The predicted octanol–water partition coefficient (Wildman–Crippen LogP) is 3.79. The van der Waals surface area contributed by atoms with Crippen LogP contribution in [0.1, 0.15) is 27.0 Å². The van der Waals surface area contributed by atoms with Crippen LogP contribution < -0.4 is 4.90 Å². The number of Topliss-reactive ketones (excluding diaryl/α,β-unsaturated/α-hetero) is 1. The monoisotopic (exact) mass is 267 g/mol. The van der Waals surface area contributed by atoms with Crippen molar-refractivity contribution >= 4 is 11.5 Å². The molecule has 0 fully saturated rings. The number of ketones is 1. The van der Waals surface area contributed by atoms with Crippen LogP contribution in [0.4, 0.5) is 5.69 Å². The molecule has 0 aliphatic rings. The average Bonchev–Trinajstić information content (AvgIpc) is 2.43. The Morgan fingerprint density at radius 3 is 2.20 bits per heavy atom. The number of hydrogen-bond acceptors (Lipinski definition) is 2. The summed E-state index contributed by atoms with van der Waals surface area (Å²) in [7, 11) is 3.96. The van der Waals surface area contributed by atoms with Crippen LogP contribution in [0.15, 0.2) is 42.5 Å². The summed E-state index contributed by atoms with van der Waals surface area (Å²) in [5.41, 5.74) is 5.34. The Morgan fingerprint density at radius 1 is 1.00 bits per heavy atom. The van der Waals surface area contributed by atoms with E-state index in [0.29, 0.717) is 6.42 Å². The van der Waals surface area contributed by atoms with Crippen LogP contribution in [-0.4, -0.2) is 19.9 Å². The minimum absolute atomic E-state index is 0.172. The van der Waals surface area contributed by atoms with Gasteiger partial charge in [0.15, 0.2) is 5.78 Å². The molecular formula is C18H21NO. The van der Waals surface area contributed by atoms with E-state index in [9.17, 15) is 4.79 Å². The largest absolute Gasteiger partial charge is 0.378 e. The summed E-state index contributed by atoms with van der Waals surface area (Å²) in [6.45, 7) is 4.12. The molecular weight excluding hydrogens is 246 g/mol. The van der Waals surface area contributed by atoms with Gasteiger partial charge in [-0.3, -0.25) is 4.79 Å². The van der Waals surface area contributed by atoms with Crippen LogP contribution in [0, 0.1) is 13.8 Å². The molecule has 0 radical (unpaired) electrons. The first-order valence-corrected chi connectivity index (χ1v) is 6.84. The Kier molecular flexibility index (Phi) is 4.23. The van der Waals surface area contributed by atoms with Crippen LogP contribution in [0.2, 0.25) is 0 Å². The van der Waals surface area contributed by atoms with Gasteiger partial charge in [-0.2, -0.15) is 0 Å². The van der Waals surface area contributed by atoms with Crippen LogP contribution in [-0.2, 0) is 6.42 Å². The van der Waals surface area contributed by atoms with Gasteiger partial charge < -0.3 is 4.90 Å². The first kappa shape index (κ1) is 14.3. The molecule has 0 spiro atoms. The molecule has 0 aliphatic heterocycles. The van der Waals surface area contributed by atoms with Crippen molar-refractivity contribution in [2.24, 2.45) is 0 Å². The van der Waals surface area contributed by atoms with E-state index in [1.54, 1.807) is 0 Å². The lowest BCUT2D eigenvalue weighted by Gasteiger charge is -2.14. The number of anilines is 1. The van der Waals surface area contributed by atoms with Gasteiger partial charge in [0.1, 0.15) is 0 Å². The highest BCUT2D eigenvalue weighted by Crippen LogP contribution is 2.19. The Hall–Kier alpha value is -2.09. The van der Waals surface area contributed by atoms with Crippen LogP contribution in [0.3, 0.4) is 0 Å². The van der Waals surface area contributed by atoms with Crippen LogP contribution >= 0.6 is 0 Å². The zero-order chi connectivity index (χ0) is 14.7. The third-order valence-corrected chi connectivity index (χ3v) is 3.67. The second-order valence-corrected chi connectivity index (χ2v) is 5.42. The maximum absolute atomic E-state index is 12.5. The maximum atomic E-state index is 12.5. The van der Waals surface area contributed by atoms with Crippen molar-refractivity contribution < 1.29 is 4.79 Å². The van der Waals surface area contributed by atoms with E-state index in [2.05, 4.69) is 26.0 Å². The third-order valence-electron chi connectivity index (χ3n) is 3.67. The van der Waals surface area contributed by atoms with E-state index < -0.39 is 0 Å². The summed E-state index contributed by atoms with van der Waals surface area (Å²) < 4.78 is 0. The lowest BCUT2D eigenvalue weighted by Crippen LogP contribution is -2.11. The zero-order valence-electron chi connectivity index (χ0n) is 12.6. The number of carbonyl (C=O) groups excluding carboxylic acids is 1. The lowest BCUT2D eigenvalue weighted by molar-refractivity contribution is 0.0992. The fourth-order valence-electron chi connectivity index (χ4n) is 2.35. The summed E-state index contributed by atoms with van der Waals surface area (Å²) in [4.78, 5) is 14.5. The third kappa shape index (κ3) is 3.08. The summed E-state index contributed by atoms with van der Waals surface area (Å²) in [6, 6.07) is 13.9. The van der Waals surface area contributed by atoms with Gasteiger partial charge in [-0.25, -0.2) is 0 Å². The summed E-state index contributed by atoms with van der Waals surface area (Å²) in [6.07, 6.45) is 0.468. The molecule has 2 heteroatoms. The number of rotatable bonds is 4. The first-order valence-electron chi connectivity index (χ1n) is 6.84. The molecule has 20 heavy (non-hydrogen) atoms. The lowest BCUT2D eigenvalue weighted by atomic mass is 9.95. The van der Waals surface area contributed by atoms with Crippen molar-refractivity contribution in [2.45, 2.75) is 20.3 Å². The first-order chi connectivity index (χ1) is 9.49. The van der Waals surface area contributed by atoms with Crippen LogP contribution in [0.25, 0.3) is 0 Å². The summed E-state index contributed by atoms with van der Waals surface area (Å²) >= 11 is 0. The predicted molar refractivity (Wildman–Crippen MR) is 84.7 cm³/mol. The number of nitrogens with zero attached hydrogens (tertiary/aromatic N) is 1. The zero-order valence-corrected chi connectivity index (χ0v) is 12.6. The highest BCUT2D eigenvalue weighted by atomic mass is 16.1. The van der Waals surface area contributed by atoms with E-state index in [4.69, 9.17) is 0 Å². The molecule has 2 rings (SSSR count). The fourth-order valence-corrected chi connectivity index (χ4v) is 2.35. The minimum atomic E-state index is 0.172. The van der Waals surface area contributed by atoms with Crippen molar-refractivity contribution in [1.29, 1.82) is 0 Å². The molecule has 2 nitrogen and oxygen atoms in total. The molecule has 0 aliphatic carbocycles. The number of hydrogen-bond donors (Lipinski definition) is 0. The molecule has 0 atom stereocenters. The van der Waals surface area contributed by atoms with Gasteiger partial charge in [0, 0.05) is 31.8 Å². The highest BCUT2D eigenvalue weighted by Gasteiger charge is 2.11. The average molecular weight is 267 g/mol. The van der Waals surface area contributed by atoms with Crippen molar-refractivity contribution in [2.75, 3.05) is 19.0 Å². The number of carbonyl (C=O) groups is 1. The molecule has 0 amide bonds. The molecule has 2 aromatic rings. The molecule has 0 heterocycles. The van der Waals surface area contributed by atoms with E-state index in [1.165, 1.54) is 11.1 Å². The van der Waals surface area contributed by atoms with Crippen molar-refractivity contribution in [3.05, 3.63) is 64.7 Å². The summed E-state index contributed by atoms with van der Waals surface area (Å²) in [5.74, 6) is 0.172. The van der Waals surface area contributed by atoms with E-state index >= 15 is 0 Å². The second-order valence-electron chi connectivity index (χ2n) is 5.42. The second kappa shape index (κ2) is 5.91. The molecule has 2 aromatic carbocycles. The molecule has 0 N–H and O–H groups in total. The SMILES string of the molecule is Cc1cccc(C)c1CC(=O)c1cccc(N(C)C)c1. The topological polar surface area (TPSA) is 20.3 Å². The molecule has 0 saturated heterocycles. The number of aryl methyl sites for hydroxylation is 2. The Bertz CT molecular complexity index is 609. The quantitative estimate of drug-likeness (QED) is 0.785. The molecule has 0 bridgehead atoms. The molecule has 104 valence electrons. The minimum Gasteiger partial charge on any atom is -0.378 e. The number of benzene rings is 2. The van der Waals surface area contributed by atoms with Gasteiger partial charge in [0.05, 0.1) is 0 Å². The molecule has 0 unspecified atom stereocenters. The van der Waals surface area contributed by atoms with Gasteiger partial charge in [-0.15, -0.1) is 0 Å². The normalized spacial score (nSPS) is 10.4. The highest BCUT2D eigenvalue weighted by molar-refractivity contribution is 5.98. The molecule has 0 saturated carbocycles. The Morgan fingerprint density at radius 2 is 1.60 bits per heavy atom. The van der Waals surface area contributed by atoms with E-state index in [0.717, 1.165) is 16.8 Å². The van der Waals surface area contributed by atoms with Gasteiger partial charge in [0.2, 0.25) is 0 Å². The van der Waals surface area contributed by atoms with Crippen molar-refractivity contribution in [3.8, 4) is 0 Å². The van der Waals surface area contributed by atoms with Gasteiger partial charge in [-0.1, -0.05) is 30.3 Å². The Labute approximate surface area is 121 Å².